The first kappa shape index (κ1) is 33.2. The van der Waals surface area contributed by atoms with Crippen molar-refractivity contribution in [2.75, 3.05) is 7.11 Å². The molecule has 1 aliphatic heterocycles. The molecule has 1 fully saturated rings. The lowest BCUT2D eigenvalue weighted by atomic mass is 9.69. The molecular weight excluding hydrogens is 587 g/mol. The van der Waals surface area contributed by atoms with Gasteiger partial charge in [0.05, 0.1) is 19.7 Å². The van der Waals surface area contributed by atoms with Gasteiger partial charge in [0.1, 0.15) is 11.4 Å². The van der Waals surface area contributed by atoms with E-state index in [0.717, 1.165) is 24.8 Å². The number of rotatable bonds is 9. The fourth-order valence-corrected chi connectivity index (χ4v) is 6.63. The van der Waals surface area contributed by atoms with E-state index in [1.807, 2.05) is 17.0 Å². The van der Waals surface area contributed by atoms with Crippen LogP contribution in [0.2, 0.25) is 0 Å². The molecular formula is C34H45FN8O3. The van der Waals surface area contributed by atoms with Crippen LogP contribution >= 0.6 is 0 Å². The third-order valence-electron chi connectivity index (χ3n) is 9.31. The molecule has 0 unspecified atom stereocenters. The molecule has 1 aromatic carbocycles. The van der Waals surface area contributed by atoms with Crippen molar-refractivity contribution in [2.24, 2.45) is 21.7 Å². The smallest absolute Gasteiger partial charge is 0.275 e. The number of hydrogen-bond donors (Lipinski definition) is 2. The zero-order valence-corrected chi connectivity index (χ0v) is 27.9. The maximum Gasteiger partial charge on any atom is 0.275 e. The Morgan fingerprint density at radius 3 is 2.41 bits per heavy atom. The van der Waals surface area contributed by atoms with Gasteiger partial charge in [-0.25, -0.2) is 9.37 Å². The van der Waals surface area contributed by atoms with E-state index in [4.69, 9.17) is 9.73 Å². The van der Waals surface area contributed by atoms with Crippen LogP contribution in [0.25, 0.3) is 0 Å². The van der Waals surface area contributed by atoms with Gasteiger partial charge in [-0.2, -0.15) is 5.21 Å². The van der Waals surface area contributed by atoms with Gasteiger partial charge in [0.25, 0.3) is 11.8 Å². The standard InChI is InChI=1S/C34H45FN8O3/c1-32(2,3)15-14-26(21-8-10-22(11-9-21)29(44)36-20-27-39-41-42-40-27)43-31(45)28(23-18-25(35)30(46-7)37-19-23)38-34(43)16-12-24(13-17-34)33(4,5)6/h8-11,18-19,24,26H,12-17,20H2,1-7H3,(H,36,44)(H,39,40,41,42)/t24?,26-,34?/m1/s1. The van der Waals surface area contributed by atoms with E-state index in [1.165, 1.54) is 19.4 Å². The number of amides is 2. The predicted octanol–water partition coefficient (Wildman–Crippen LogP) is 5.80. The molecule has 2 amide bonds. The van der Waals surface area contributed by atoms with Gasteiger partial charge in [0.15, 0.2) is 11.6 Å². The lowest BCUT2D eigenvalue weighted by molar-refractivity contribution is -0.134. The molecule has 246 valence electrons. The van der Waals surface area contributed by atoms with Gasteiger partial charge < -0.3 is 15.0 Å². The van der Waals surface area contributed by atoms with Crippen LogP contribution in [0.3, 0.4) is 0 Å². The van der Waals surface area contributed by atoms with Crippen LogP contribution in [-0.2, 0) is 11.3 Å². The zero-order valence-electron chi connectivity index (χ0n) is 27.9. The van der Waals surface area contributed by atoms with E-state index in [-0.39, 0.29) is 46.8 Å². The third kappa shape index (κ3) is 7.10. The minimum atomic E-state index is -0.770. The van der Waals surface area contributed by atoms with Gasteiger partial charge in [0, 0.05) is 17.3 Å². The van der Waals surface area contributed by atoms with Crippen molar-refractivity contribution in [1.29, 1.82) is 0 Å². The van der Waals surface area contributed by atoms with E-state index in [1.54, 1.807) is 12.1 Å². The fraction of sp³-hybridized carbons (Fsp3) is 0.559. The van der Waals surface area contributed by atoms with Crippen LogP contribution in [0.4, 0.5) is 4.39 Å². The average molecular weight is 633 g/mol. The lowest BCUT2D eigenvalue weighted by Gasteiger charge is -2.47. The number of halogens is 1. The number of aromatic amines is 1. The summed E-state index contributed by atoms with van der Waals surface area (Å²) in [5.74, 6) is -0.395. The molecule has 1 spiro atoms. The summed E-state index contributed by atoms with van der Waals surface area (Å²) < 4.78 is 19.9. The number of hydrogen-bond acceptors (Lipinski definition) is 8. The maximum atomic E-state index is 14.8. The summed E-state index contributed by atoms with van der Waals surface area (Å²) in [7, 11) is 1.36. The van der Waals surface area contributed by atoms with Crippen LogP contribution in [0.15, 0.2) is 41.5 Å². The number of carbonyl (C=O) groups excluding carboxylic acids is 2. The Kier molecular flexibility index (Phi) is 9.28. The first-order chi connectivity index (χ1) is 21.7. The Morgan fingerprint density at radius 1 is 1.15 bits per heavy atom. The van der Waals surface area contributed by atoms with Crippen LogP contribution in [0.5, 0.6) is 5.88 Å². The summed E-state index contributed by atoms with van der Waals surface area (Å²) in [5, 5.41) is 16.4. The topological polar surface area (TPSA) is 138 Å². The normalized spacial score (nSPS) is 21.0. The average Bonchev–Trinajstić information content (AvgIpc) is 3.62. The predicted molar refractivity (Wildman–Crippen MR) is 171 cm³/mol. The van der Waals surface area contributed by atoms with Gasteiger partial charge in [-0.1, -0.05) is 58.9 Å². The SMILES string of the molecule is COc1ncc(C2=NC3(CCC(C(C)(C)C)CC3)N([C@H](CCC(C)(C)C)c3ccc(C(=O)NCc4nn[nH]n4)cc3)C2=O)cc1F. The van der Waals surface area contributed by atoms with Crippen LogP contribution in [0.1, 0.15) is 113 Å². The molecule has 0 saturated heterocycles. The second-order valence-electron chi connectivity index (χ2n) is 14.7. The maximum absolute atomic E-state index is 14.8. The molecule has 2 N–H and O–H groups in total. The molecule has 3 aromatic rings. The number of methoxy groups -OCH3 is 1. The number of aliphatic imine (C=N–C) groups is 1. The number of benzene rings is 1. The van der Waals surface area contributed by atoms with Crippen LogP contribution < -0.4 is 10.1 Å². The number of aromatic nitrogens is 5. The third-order valence-corrected chi connectivity index (χ3v) is 9.31. The van der Waals surface area contributed by atoms with Crippen molar-refractivity contribution in [2.45, 2.75) is 98.3 Å². The van der Waals surface area contributed by atoms with Crippen molar-refractivity contribution < 1.29 is 18.7 Å². The highest BCUT2D eigenvalue weighted by Gasteiger charge is 2.53. The Bertz CT molecular complexity index is 1570. The molecule has 12 heteroatoms. The largest absolute Gasteiger partial charge is 0.479 e. The van der Waals surface area contributed by atoms with E-state index in [0.29, 0.717) is 42.1 Å². The van der Waals surface area contributed by atoms with Gasteiger partial charge in [-0.15, -0.1) is 10.2 Å². The lowest BCUT2D eigenvalue weighted by Crippen LogP contribution is -2.51. The van der Waals surface area contributed by atoms with Crippen LogP contribution in [0, 0.1) is 22.6 Å². The molecule has 1 atom stereocenters. The van der Waals surface area contributed by atoms with Crippen molar-refractivity contribution in [3.63, 3.8) is 0 Å². The molecule has 0 radical (unpaired) electrons. The van der Waals surface area contributed by atoms with E-state index >= 15 is 0 Å². The molecule has 5 rings (SSSR count). The summed E-state index contributed by atoms with van der Waals surface area (Å²) in [5.41, 5.74) is 1.34. The Morgan fingerprint density at radius 2 is 1.85 bits per heavy atom. The number of nitrogens with zero attached hydrogens (tertiary/aromatic N) is 6. The van der Waals surface area contributed by atoms with Crippen molar-refractivity contribution in [3.05, 3.63) is 64.9 Å². The fourth-order valence-electron chi connectivity index (χ4n) is 6.63. The summed E-state index contributed by atoms with van der Waals surface area (Å²) in [6.45, 7) is 13.5. The number of pyridine rings is 1. The second kappa shape index (κ2) is 12.9. The molecule has 3 heterocycles. The highest BCUT2D eigenvalue weighted by atomic mass is 19.1. The Labute approximate surface area is 269 Å². The number of H-pyrrole nitrogens is 1. The van der Waals surface area contributed by atoms with E-state index < -0.39 is 11.5 Å². The quantitative estimate of drug-likeness (QED) is 0.304. The monoisotopic (exact) mass is 632 g/mol. The van der Waals surface area contributed by atoms with E-state index in [9.17, 15) is 14.0 Å². The van der Waals surface area contributed by atoms with Gasteiger partial charge in [0.2, 0.25) is 5.88 Å². The summed E-state index contributed by atoms with van der Waals surface area (Å²) >= 11 is 0. The number of nitrogens with one attached hydrogen (secondary N) is 2. The number of ether oxygens (including phenoxy) is 1. The molecule has 0 bridgehead atoms. The minimum Gasteiger partial charge on any atom is -0.479 e. The van der Waals surface area contributed by atoms with Gasteiger partial charge >= 0.3 is 0 Å². The Balaban J connectivity index is 1.51. The zero-order chi connectivity index (χ0) is 33.3. The first-order valence-electron chi connectivity index (χ1n) is 15.9. The Hall–Kier alpha value is -4.22. The number of carbonyl (C=O) groups is 2. The first-order valence-corrected chi connectivity index (χ1v) is 15.9. The highest BCUT2D eigenvalue weighted by Crippen LogP contribution is 2.50. The van der Waals surface area contributed by atoms with Crippen LogP contribution in [-0.4, -0.2) is 60.8 Å². The van der Waals surface area contributed by atoms with Gasteiger partial charge in [-0.05, 0) is 79.0 Å². The molecule has 1 aliphatic carbocycles. The molecule has 1 saturated carbocycles. The molecule has 11 nitrogen and oxygen atoms in total. The minimum absolute atomic E-state index is 0.0137. The molecule has 46 heavy (non-hydrogen) atoms. The summed E-state index contributed by atoms with van der Waals surface area (Å²) in [4.78, 5) is 38.7. The highest BCUT2D eigenvalue weighted by molar-refractivity contribution is 6.46. The van der Waals surface area contributed by atoms with Crippen molar-refractivity contribution >= 4 is 17.5 Å². The molecule has 2 aromatic heterocycles. The number of tetrazole rings is 1. The van der Waals surface area contributed by atoms with E-state index in [2.05, 4.69) is 72.5 Å². The van der Waals surface area contributed by atoms with Gasteiger partial charge in [-0.3, -0.25) is 14.6 Å². The van der Waals surface area contributed by atoms with Crippen molar-refractivity contribution in [1.82, 2.24) is 35.8 Å². The van der Waals surface area contributed by atoms with Crippen molar-refractivity contribution in [3.8, 4) is 5.88 Å². The summed E-state index contributed by atoms with van der Waals surface area (Å²) in [6, 6.07) is 8.37. The summed E-state index contributed by atoms with van der Waals surface area (Å²) in [6.07, 6.45) is 6.26. The second-order valence-corrected chi connectivity index (χ2v) is 14.7. The molecule has 2 aliphatic rings.